The van der Waals surface area contributed by atoms with Gasteiger partial charge in [-0.1, -0.05) is 11.6 Å². The number of aryl methyl sites for hydroxylation is 1. The molecular weight excluding hydrogens is 262 g/mol. The van der Waals surface area contributed by atoms with Gasteiger partial charge in [0.05, 0.1) is 6.20 Å². The molecular formula is C12H21N5O3. The average molecular weight is 283 g/mol. The summed E-state index contributed by atoms with van der Waals surface area (Å²) in [6.45, 7) is 1.86. The first-order valence-corrected chi connectivity index (χ1v) is 6.76. The van der Waals surface area contributed by atoms with Gasteiger partial charge in [-0.15, -0.1) is 5.10 Å². The molecule has 0 aliphatic carbocycles. The SMILES string of the molecule is O=C(O)CCCCCNC(=O)NCCCn1ccnn1. The van der Waals surface area contributed by atoms with Crippen molar-refractivity contribution in [3.05, 3.63) is 12.4 Å². The average Bonchev–Trinajstić information content (AvgIpc) is 2.91. The summed E-state index contributed by atoms with van der Waals surface area (Å²) in [7, 11) is 0. The Hall–Kier alpha value is -2.12. The molecule has 0 radical (unpaired) electrons. The Kier molecular flexibility index (Phi) is 7.78. The van der Waals surface area contributed by atoms with Crippen LogP contribution in [0, 0.1) is 0 Å². The van der Waals surface area contributed by atoms with Gasteiger partial charge in [0.1, 0.15) is 0 Å². The van der Waals surface area contributed by atoms with Crippen LogP contribution in [0.4, 0.5) is 4.79 Å². The highest BCUT2D eigenvalue weighted by Crippen LogP contribution is 1.98. The van der Waals surface area contributed by atoms with Crippen LogP contribution in [0.25, 0.3) is 0 Å². The van der Waals surface area contributed by atoms with E-state index in [1.54, 1.807) is 17.1 Å². The Morgan fingerprint density at radius 1 is 1.10 bits per heavy atom. The number of hydrogen-bond donors (Lipinski definition) is 3. The molecule has 0 atom stereocenters. The van der Waals surface area contributed by atoms with Crippen molar-refractivity contribution >= 4 is 12.0 Å². The van der Waals surface area contributed by atoms with Gasteiger partial charge < -0.3 is 15.7 Å². The van der Waals surface area contributed by atoms with Crippen molar-refractivity contribution in [2.24, 2.45) is 0 Å². The van der Waals surface area contributed by atoms with E-state index < -0.39 is 5.97 Å². The maximum atomic E-state index is 11.4. The third-order valence-electron chi connectivity index (χ3n) is 2.67. The van der Waals surface area contributed by atoms with Gasteiger partial charge in [-0.3, -0.25) is 9.48 Å². The number of aliphatic carboxylic acids is 1. The lowest BCUT2D eigenvalue weighted by Crippen LogP contribution is -2.36. The largest absolute Gasteiger partial charge is 0.481 e. The maximum absolute atomic E-state index is 11.4. The van der Waals surface area contributed by atoms with Crippen molar-refractivity contribution in [2.75, 3.05) is 13.1 Å². The zero-order chi connectivity index (χ0) is 14.6. The third kappa shape index (κ3) is 8.06. The van der Waals surface area contributed by atoms with E-state index >= 15 is 0 Å². The molecule has 0 aliphatic heterocycles. The fraction of sp³-hybridized carbons (Fsp3) is 0.667. The predicted molar refractivity (Wildman–Crippen MR) is 72.1 cm³/mol. The van der Waals surface area contributed by atoms with Gasteiger partial charge in [-0.2, -0.15) is 0 Å². The van der Waals surface area contributed by atoms with E-state index in [0.29, 0.717) is 19.5 Å². The number of amides is 2. The zero-order valence-corrected chi connectivity index (χ0v) is 11.4. The van der Waals surface area contributed by atoms with Gasteiger partial charge in [0, 0.05) is 32.3 Å². The van der Waals surface area contributed by atoms with Crippen LogP contribution in [0.15, 0.2) is 12.4 Å². The van der Waals surface area contributed by atoms with Crippen LogP contribution >= 0.6 is 0 Å². The maximum Gasteiger partial charge on any atom is 0.314 e. The Balaban J connectivity index is 1.89. The van der Waals surface area contributed by atoms with Crippen LogP contribution in [0.2, 0.25) is 0 Å². The van der Waals surface area contributed by atoms with Crippen molar-refractivity contribution in [2.45, 2.75) is 38.6 Å². The molecule has 0 spiro atoms. The molecule has 1 rings (SSSR count). The lowest BCUT2D eigenvalue weighted by molar-refractivity contribution is -0.137. The van der Waals surface area contributed by atoms with Crippen molar-refractivity contribution < 1.29 is 14.7 Å². The molecule has 8 nitrogen and oxygen atoms in total. The smallest absolute Gasteiger partial charge is 0.314 e. The van der Waals surface area contributed by atoms with E-state index in [0.717, 1.165) is 25.8 Å². The van der Waals surface area contributed by atoms with Crippen molar-refractivity contribution in [1.29, 1.82) is 0 Å². The number of carboxylic acid groups (broad SMARTS) is 1. The highest BCUT2D eigenvalue weighted by molar-refractivity contribution is 5.73. The number of hydrogen-bond acceptors (Lipinski definition) is 4. The number of rotatable bonds is 10. The molecule has 1 aromatic heterocycles. The first kappa shape index (κ1) is 15.9. The second kappa shape index (κ2) is 9.76. The fourth-order valence-electron chi connectivity index (χ4n) is 1.64. The Morgan fingerprint density at radius 2 is 1.85 bits per heavy atom. The van der Waals surface area contributed by atoms with Crippen molar-refractivity contribution in [1.82, 2.24) is 25.6 Å². The van der Waals surface area contributed by atoms with Crippen LogP contribution in [-0.2, 0) is 11.3 Å². The second-order valence-corrected chi connectivity index (χ2v) is 4.41. The van der Waals surface area contributed by atoms with Crippen molar-refractivity contribution in [3.63, 3.8) is 0 Å². The van der Waals surface area contributed by atoms with E-state index in [-0.39, 0.29) is 12.5 Å². The van der Waals surface area contributed by atoms with E-state index in [9.17, 15) is 9.59 Å². The molecule has 0 bridgehead atoms. The van der Waals surface area contributed by atoms with Crippen LogP contribution in [0.5, 0.6) is 0 Å². The quantitative estimate of drug-likeness (QED) is 0.545. The summed E-state index contributed by atoms with van der Waals surface area (Å²) < 4.78 is 1.71. The van der Waals surface area contributed by atoms with Gasteiger partial charge in [0.2, 0.25) is 0 Å². The summed E-state index contributed by atoms with van der Waals surface area (Å²) >= 11 is 0. The van der Waals surface area contributed by atoms with Gasteiger partial charge in [0.25, 0.3) is 0 Å². The molecule has 0 aromatic carbocycles. The number of carboxylic acids is 1. The first-order chi connectivity index (χ1) is 9.68. The monoisotopic (exact) mass is 283 g/mol. The number of carbonyl (C=O) groups is 2. The van der Waals surface area contributed by atoms with Gasteiger partial charge in [0.15, 0.2) is 0 Å². The summed E-state index contributed by atoms with van der Waals surface area (Å²) in [4.78, 5) is 21.7. The minimum absolute atomic E-state index is 0.189. The highest BCUT2D eigenvalue weighted by atomic mass is 16.4. The molecule has 3 N–H and O–H groups in total. The molecule has 8 heteroatoms. The first-order valence-electron chi connectivity index (χ1n) is 6.76. The van der Waals surface area contributed by atoms with E-state index in [1.807, 2.05) is 0 Å². The second-order valence-electron chi connectivity index (χ2n) is 4.41. The van der Waals surface area contributed by atoms with Crippen LogP contribution in [0.1, 0.15) is 32.1 Å². The van der Waals surface area contributed by atoms with Crippen molar-refractivity contribution in [3.8, 4) is 0 Å². The van der Waals surface area contributed by atoms with Gasteiger partial charge in [-0.25, -0.2) is 4.79 Å². The minimum Gasteiger partial charge on any atom is -0.481 e. The minimum atomic E-state index is -0.775. The molecule has 1 heterocycles. The summed E-state index contributed by atoms with van der Waals surface area (Å²) in [5.74, 6) is -0.775. The number of carbonyl (C=O) groups excluding carboxylic acids is 1. The summed E-state index contributed by atoms with van der Waals surface area (Å²) in [5, 5.41) is 21.4. The lowest BCUT2D eigenvalue weighted by atomic mass is 10.2. The highest BCUT2D eigenvalue weighted by Gasteiger charge is 2.00. The lowest BCUT2D eigenvalue weighted by Gasteiger charge is -2.07. The molecule has 0 aliphatic rings. The van der Waals surface area contributed by atoms with Gasteiger partial charge in [-0.05, 0) is 19.3 Å². The number of aromatic nitrogens is 3. The van der Waals surface area contributed by atoms with Crippen LogP contribution in [0.3, 0.4) is 0 Å². The Morgan fingerprint density at radius 3 is 2.50 bits per heavy atom. The molecule has 2 amide bonds. The predicted octanol–water partition coefficient (Wildman–Crippen LogP) is 0.612. The number of unbranched alkanes of at least 4 members (excludes halogenated alkanes) is 2. The molecule has 112 valence electrons. The van der Waals surface area contributed by atoms with Gasteiger partial charge >= 0.3 is 12.0 Å². The number of nitrogens with zero attached hydrogens (tertiary/aromatic N) is 3. The summed E-state index contributed by atoms with van der Waals surface area (Å²) in [6.07, 6.45) is 6.61. The molecule has 1 aromatic rings. The Bertz CT molecular complexity index is 394. The molecule has 0 saturated heterocycles. The summed E-state index contributed by atoms with van der Waals surface area (Å²) in [6, 6.07) is -0.193. The standard InChI is InChI=1S/C12H21N5O3/c18-11(19)5-2-1-3-6-13-12(20)14-7-4-9-17-10-8-15-16-17/h8,10H,1-7,9H2,(H,18,19)(H2,13,14,20). The molecule has 0 fully saturated rings. The summed E-state index contributed by atoms with van der Waals surface area (Å²) in [5.41, 5.74) is 0. The molecule has 0 unspecified atom stereocenters. The van der Waals surface area contributed by atoms with Crippen LogP contribution < -0.4 is 10.6 Å². The van der Waals surface area contributed by atoms with E-state index in [1.165, 1.54) is 0 Å². The normalized spacial score (nSPS) is 10.2. The fourth-order valence-corrected chi connectivity index (χ4v) is 1.64. The van der Waals surface area contributed by atoms with E-state index in [2.05, 4.69) is 20.9 Å². The van der Waals surface area contributed by atoms with Crippen LogP contribution in [-0.4, -0.2) is 45.2 Å². The topological polar surface area (TPSA) is 109 Å². The van der Waals surface area contributed by atoms with E-state index in [4.69, 9.17) is 5.11 Å². The molecule has 0 saturated carbocycles. The number of urea groups is 1. The zero-order valence-electron chi connectivity index (χ0n) is 11.4. The Labute approximate surface area is 117 Å². The number of nitrogens with one attached hydrogen (secondary N) is 2. The third-order valence-corrected chi connectivity index (χ3v) is 2.67. The molecule has 20 heavy (non-hydrogen) atoms.